The van der Waals surface area contributed by atoms with Gasteiger partial charge in [-0.1, -0.05) is 201 Å². The number of pyridine rings is 1. The molecular weight excluding hydrogens is 1110 g/mol. The third kappa shape index (κ3) is 8.85. The molecule has 3 aromatic heterocycles. The van der Waals surface area contributed by atoms with Crippen LogP contribution in [0.15, 0.2) is 200 Å². The topological polar surface area (TPSA) is 55.9 Å². The Balaban J connectivity index is 0.00000616. The molecule has 0 fully saturated rings. The van der Waals surface area contributed by atoms with Gasteiger partial charge in [-0.3, -0.25) is 9.55 Å². The van der Waals surface area contributed by atoms with E-state index in [4.69, 9.17) is 9.97 Å². The molecule has 5 nitrogen and oxygen atoms in total. The van der Waals surface area contributed by atoms with Gasteiger partial charge in [0.1, 0.15) is 11.6 Å². The zero-order valence-corrected chi connectivity index (χ0v) is 46.9. The Morgan fingerprint density at radius 2 is 1.11 bits per heavy atom. The second-order valence-electron chi connectivity index (χ2n) is 23.2. The van der Waals surface area contributed by atoms with Crippen LogP contribution in [-0.2, 0) is 37.3 Å². The predicted octanol–water partition coefficient (Wildman–Crippen LogP) is 18.4. The molecule has 9 aromatic carbocycles. The van der Waals surface area contributed by atoms with Gasteiger partial charge >= 0.3 is 0 Å². The van der Waals surface area contributed by atoms with Crippen LogP contribution < -0.4 is 0 Å². The summed E-state index contributed by atoms with van der Waals surface area (Å²) in [5, 5.41) is 17.2. The molecule has 0 saturated heterocycles. The number of nitrogens with zero attached hydrogens (tertiary/aromatic N) is 4. The monoisotopic (exact) mass is 1170 g/mol. The second kappa shape index (κ2) is 19.1. The van der Waals surface area contributed by atoms with Crippen molar-refractivity contribution in [3.05, 3.63) is 223 Å². The molecule has 1 N–H and O–H groups in total. The summed E-state index contributed by atoms with van der Waals surface area (Å²) in [4.78, 5) is 10.6. The Hall–Kier alpha value is -7.85. The van der Waals surface area contributed by atoms with Crippen molar-refractivity contribution in [3.8, 4) is 73.2 Å². The van der Waals surface area contributed by atoms with Crippen molar-refractivity contribution in [1.82, 2.24) is 19.1 Å². The fourth-order valence-electron chi connectivity index (χ4n) is 11.1. The maximum Gasteiger partial charge on any atom is 0.148 e. The molecule has 0 radical (unpaired) electrons. The van der Waals surface area contributed by atoms with Crippen LogP contribution in [0, 0.1) is 6.07 Å². The third-order valence-electron chi connectivity index (χ3n) is 15.0. The maximum absolute atomic E-state index is 12.4. The van der Waals surface area contributed by atoms with Gasteiger partial charge in [0, 0.05) is 60.7 Å². The molecule has 6 heteroatoms. The van der Waals surface area contributed by atoms with Crippen molar-refractivity contribution >= 4 is 43.6 Å². The minimum Gasteiger partial charge on any atom is -0.507 e. The van der Waals surface area contributed by atoms with Crippen molar-refractivity contribution in [2.24, 2.45) is 0 Å². The summed E-state index contributed by atoms with van der Waals surface area (Å²) in [6.45, 7) is 20.3. The summed E-state index contributed by atoms with van der Waals surface area (Å²) < 4.78 is 4.56. The molecule has 12 rings (SSSR count). The zero-order valence-electron chi connectivity index (χ0n) is 44.6. The first-order valence-electron chi connectivity index (χ1n) is 26.1. The van der Waals surface area contributed by atoms with E-state index >= 15 is 0 Å². The molecule has 0 aliphatic heterocycles. The summed E-state index contributed by atoms with van der Waals surface area (Å²) in [5.74, 6) is 0.819. The summed E-state index contributed by atoms with van der Waals surface area (Å²) in [6.07, 6.45) is 1.93. The number of hydrogen-bond acceptors (Lipinski definition) is 3. The molecule has 378 valence electrons. The molecule has 0 bridgehead atoms. The van der Waals surface area contributed by atoms with Gasteiger partial charge in [0.25, 0.3) is 0 Å². The minimum absolute atomic E-state index is 0. The van der Waals surface area contributed by atoms with Gasteiger partial charge in [0.05, 0.1) is 27.6 Å². The summed E-state index contributed by atoms with van der Waals surface area (Å²) in [7, 11) is 0. The third-order valence-corrected chi connectivity index (χ3v) is 15.0. The van der Waals surface area contributed by atoms with Gasteiger partial charge in [0.2, 0.25) is 0 Å². The van der Waals surface area contributed by atoms with Gasteiger partial charge in [-0.25, -0.2) is 4.98 Å². The van der Waals surface area contributed by atoms with Crippen LogP contribution in [0.2, 0.25) is 0 Å². The van der Waals surface area contributed by atoms with Gasteiger partial charge in [0.15, 0.2) is 0 Å². The van der Waals surface area contributed by atoms with E-state index < -0.39 is 0 Å². The van der Waals surface area contributed by atoms with Crippen LogP contribution >= 0.6 is 0 Å². The van der Waals surface area contributed by atoms with Crippen LogP contribution in [0.3, 0.4) is 0 Å². The first-order chi connectivity index (χ1) is 36.0. The molecule has 0 spiro atoms. The SMILES string of the molecule is CC(C)(C)c1cc(-c2cc(-c3cccc4c5ccccc5n(-c5ccccc5)c34)ccn2)[c-]c(-c2cccc3c2nc(-c2ccc(-c4c(C(C)(C)C)ccc5cc(C(C)(C)C)ccc45)cc2O)n3-c2ccccc2)c1.[Pt]. The first-order valence-corrected chi connectivity index (χ1v) is 26.1. The number of aromatic nitrogens is 4. The molecule has 12 aromatic rings. The summed E-state index contributed by atoms with van der Waals surface area (Å²) >= 11 is 0. The molecule has 0 amide bonds. The second-order valence-corrected chi connectivity index (χ2v) is 23.2. The van der Waals surface area contributed by atoms with Crippen LogP contribution in [-0.4, -0.2) is 24.2 Å². The van der Waals surface area contributed by atoms with Gasteiger partial charge in [-0.05, 0) is 109 Å². The van der Waals surface area contributed by atoms with E-state index in [0.717, 1.165) is 78.1 Å². The number of rotatable bonds is 7. The van der Waals surface area contributed by atoms with Crippen molar-refractivity contribution in [1.29, 1.82) is 0 Å². The first kappa shape index (κ1) is 50.3. The Bertz CT molecular complexity index is 4180. The number of hydrogen-bond donors (Lipinski definition) is 1. The molecule has 0 atom stereocenters. The number of phenolic OH excluding ortho intramolecular Hbond substituents is 1. The predicted molar refractivity (Wildman–Crippen MR) is 314 cm³/mol. The standard InChI is InChI=1S/C70H61N4O.Pt/c1-68(2,3)49-32-34-53-44(39-49)31-35-59(70(7,8)9)64(53)46-30-33-58(63(75)43-46)67-72-65-54(25-19-29-62(65)74(67)52-22-14-11-15-23-52)47-38-48(41-50(40-47)69(4,5)6)60-42-45(36-37-71-60)55-26-18-27-57-56-24-16-17-28-61(56)73(66(55)57)51-20-12-10-13-21-51;/h10-37,39-43,75H,1-9H3;/q-1;. The molecule has 3 heterocycles. The molecule has 0 saturated carbocycles. The van der Waals surface area contributed by atoms with E-state index in [9.17, 15) is 5.11 Å². The Morgan fingerprint density at radius 1 is 0.461 bits per heavy atom. The summed E-state index contributed by atoms with van der Waals surface area (Å²) in [6, 6.07) is 72.8. The van der Waals surface area contributed by atoms with E-state index in [0.29, 0.717) is 11.4 Å². The van der Waals surface area contributed by atoms with Crippen molar-refractivity contribution in [2.45, 2.75) is 78.6 Å². The minimum atomic E-state index is -0.194. The number of imidazole rings is 1. The number of para-hydroxylation sites is 5. The Labute approximate surface area is 460 Å². The average molecular weight is 1170 g/mol. The fourth-order valence-corrected chi connectivity index (χ4v) is 11.1. The molecular formula is C70H61N4OPt-. The largest absolute Gasteiger partial charge is 0.507 e. The number of aromatic hydroxyl groups is 1. The van der Waals surface area contributed by atoms with Crippen LogP contribution in [0.4, 0.5) is 0 Å². The van der Waals surface area contributed by atoms with Crippen LogP contribution in [0.1, 0.15) is 79.0 Å². The molecule has 0 unspecified atom stereocenters. The Morgan fingerprint density at radius 3 is 1.82 bits per heavy atom. The quantitative estimate of drug-likeness (QED) is 0.162. The van der Waals surface area contributed by atoms with Crippen LogP contribution in [0.5, 0.6) is 5.75 Å². The normalized spacial score (nSPS) is 12.2. The fraction of sp³-hybridized carbons (Fsp3) is 0.171. The summed E-state index contributed by atoms with van der Waals surface area (Å²) in [5.41, 5.74) is 18.1. The average Bonchev–Trinajstić information content (AvgIpc) is 3.99. The van der Waals surface area contributed by atoms with E-state index in [-0.39, 0.29) is 43.1 Å². The van der Waals surface area contributed by atoms with Crippen LogP contribution in [0.25, 0.3) is 111 Å². The van der Waals surface area contributed by atoms with Gasteiger partial charge < -0.3 is 9.67 Å². The van der Waals surface area contributed by atoms with Gasteiger partial charge in [-0.2, -0.15) is 0 Å². The number of benzene rings is 9. The van der Waals surface area contributed by atoms with Crippen molar-refractivity contribution in [3.63, 3.8) is 0 Å². The maximum atomic E-state index is 12.4. The number of phenols is 1. The zero-order chi connectivity index (χ0) is 52.0. The van der Waals surface area contributed by atoms with Crippen molar-refractivity contribution < 1.29 is 26.2 Å². The number of fused-ring (bicyclic) bond motifs is 5. The van der Waals surface area contributed by atoms with E-state index in [1.807, 2.05) is 36.5 Å². The molecule has 0 aliphatic carbocycles. The molecule has 0 aliphatic rings. The van der Waals surface area contributed by atoms with E-state index in [1.165, 1.54) is 38.2 Å². The van der Waals surface area contributed by atoms with E-state index in [1.54, 1.807) is 0 Å². The molecule has 76 heavy (non-hydrogen) atoms. The van der Waals surface area contributed by atoms with E-state index in [2.05, 4.69) is 241 Å². The smallest absolute Gasteiger partial charge is 0.148 e. The van der Waals surface area contributed by atoms with Crippen molar-refractivity contribution in [2.75, 3.05) is 0 Å². The Kier molecular flexibility index (Phi) is 12.6. The van der Waals surface area contributed by atoms with Gasteiger partial charge in [-0.15, -0.1) is 29.3 Å².